The van der Waals surface area contributed by atoms with Gasteiger partial charge in [-0.2, -0.15) is 5.26 Å². The molecule has 0 saturated carbocycles. The Morgan fingerprint density at radius 2 is 1.94 bits per heavy atom. The standard InChI is InChI=1S/C12H19N5/c1-10(2)16-3-5-17(6-4-16)12(7-13)11-8-14-9-15-11/h8-10,12H,3-6H2,1-2H3,(H,14,15). The Morgan fingerprint density at radius 3 is 2.41 bits per heavy atom. The lowest BCUT2D eigenvalue weighted by atomic mass is 10.1. The van der Waals surface area contributed by atoms with Crippen LogP contribution in [0.3, 0.4) is 0 Å². The van der Waals surface area contributed by atoms with Crippen LogP contribution in [0.2, 0.25) is 0 Å². The van der Waals surface area contributed by atoms with E-state index in [9.17, 15) is 5.26 Å². The highest BCUT2D eigenvalue weighted by atomic mass is 15.3. The number of hydrogen-bond donors (Lipinski definition) is 1. The lowest BCUT2D eigenvalue weighted by Gasteiger charge is -2.38. The number of piperazine rings is 1. The van der Waals surface area contributed by atoms with Gasteiger partial charge in [-0.25, -0.2) is 4.98 Å². The second-order valence-corrected chi connectivity index (χ2v) is 4.70. The Hall–Kier alpha value is -1.38. The molecule has 0 amide bonds. The molecule has 2 heterocycles. The Labute approximate surface area is 102 Å². The highest BCUT2D eigenvalue weighted by Gasteiger charge is 2.26. The number of nitriles is 1. The van der Waals surface area contributed by atoms with Crippen LogP contribution in [0.1, 0.15) is 25.6 Å². The Morgan fingerprint density at radius 1 is 1.29 bits per heavy atom. The predicted octanol–water partition coefficient (Wildman–Crippen LogP) is 1.00. The summed E-state index contributed by atoms with van der Waals surface area (Å²) in [5.74, 6) is 0. The first kappa shape index (κ1) is 12.1. The predicted molar refractivity (Wildman–Crippen MR) is 65.2 cm³/mol. The molecule has 1 atom stereocenters. The van der Waals surface area contributed by atoms with Gasteiger partial charge in [-0.1, -0.05) is 0 Å². The third kappa shape index (κ3) is 2.65. The van der Waals surface area contributed by atoms with Crippen LogP contribution in [0.4, 0.5) is 0 Å². The summed E-state index contributed by atoms with van der Waals surface area (Å²) < 4.78 is 0. The Bertz CT molecular complexity index is 370. The summed E-state index contributed by atoms with van der Waals surface area (Å²) in [4.78, 5) is 11.7. The first-order chi connectivity index (χ1) is 8.22. The largest absolute Gasteiger partial charge is 0.346 e. The Balaban J connectivity index is 1.98. The van der Waals surface area contributed by atoms with Crippen LogP contribution in [0.5, 0.6) is 0 Å². The van der Waals surface area contributed by atoms with Crippen molar-refractivity contribution in [3.8, 4) is 6.07 Å². The summed E-state index contributed by atoms with van der Waals surface area (Å²) in [5, 5.41) is 9.27. The summed E-state index contributed by atoms with van der Waals surface area (Å²) in [6.07, 6.45) is 3.37. The molecule has 0 bridgehead atoms. The summed E-state index contributed by atoms with van der Waals surface area (Å²) in [7, 11) is 0. The molecule has 2 rings (SSSR count). The molecule has 1 unspecified atom stereocenters. The van der Waals surface area contributed by atoms with Crippen molar-refractivity contribution in [2.75, 3.05) is 26.2 Å². The van der Waals surface area contributed by atoms with Gasteiger partial charge in [-0.3, -0.25) is 9.80 Å². The van der Waals surface area contributed by atoms with E-state index in [1.54, 1.807) is 12.5 Å². The minimum Gasteiger partial charge on any atom is -0.346 e. The average Bonchev–Trinajstić information content (AvgIpc) is 2.84. The molecule has 17 heavy (non-hydrogen) atoms. The SMILES string of the molecule is CC(C)N1CCN(C(C#N)c2cnc[nH]2)CC1. The van der Waals surface area contributed by atoms with E-state index in [-0.39, 0.29) is 6.04 Å². The Kier molecular flexibility index (Phi) is 3.77. The normalized spacial score (nSPS) is 20.4. The molecule has 0 aliphatic carbocycles. The van der Waals surface area contributed by atoms with Crippen molar-refractivity contribution in [1.82, 2.24) is 19.8 Å². The molecule has 0 radical (unpaired) electrons. The van der Waals surface area contributed by atoms with E-state index in [1.807, 2.05) is 0 Å². The van der Waals surface area contributed by atoms with Crippen molar-refractivity contribution in [3.63, 3.8) is 0 Å². The van der Waals surface area contributed by atoms with Gasteiger partial charge in [0.05, 0.1) is 24.3 Å². The highest BCUT2D eigenvalue weighted by molar-refractivity contribution is 5.12. The fourth-order valence-corrected chi connectivity index (χ4v) is 2.28. The van der Waals surface area contributed by atoms with Crippen molar-refractivity contribution in [3.05, 3.63) is 18.2 Å². The molecular formula is C12H19N5. The monoisotopic (exact) mass is 233 g/mol. The van der Waals surface area contributed by atoms with Gasteiger partial charge in [0.1, 0.15) is 6.04 Å². The third-order valence-electron chi connectivity index (χ3n) is 3.38. The average molecular weight is 233 g/mol. The van der Waals surface area contributed by atoms with Crippen LogP contribution in [-0.2, 0) is 0 Å². The quantitative estimate of drug-likeness (QED) is 0.846. The maximum atomic E-state index is 9.27. The molecular weight excluding hydrogens is 214 g/mol. The number of imidazole rings is 1. The first-order valence-electron chi connectivity index (χ1n) is 6.08. The van der Waals surface area contributed by atoms with Gasteiger partial charge in [0, 0.05) is 32.2 Å². The lowest BCUT2D eigenvalue weighted by molar-refractivity contribution is 0.0922. The number of nitrogens with zero attached hydrogens (tertiary/aromatic N) is 4. The molecule has 1 N–H and O–H groups in total. The lowest BCUT2D eigenvalue weighted by Crippen LogP contribution is -2.49. The zero-order valence-corrected chi connectivity index (χ0v) is 10.4. The number of hydrogen-bond acceptors (Lipinski definition) is 4. The topological polar surface area (TPSA) is 58.9 Å². The fourth-order valence-electron chi connectivity index (χ4n) is 2.28. The molecule has 1 saturated heterocycles. The zero-order chi connectivity index (χ0) is 12.3. The van der Waals surface area contributed by atoms with Crippen molar-refractivity contribution >= 4 is 0 Å². The van der Waals surface area contributed by atoms with Gasteiger partial charge in [0.25, 0.3) is 0 Å². The maximum Gasteiger partial charge on any atom is 0.140 e. The van der Waals surface area contributed by atoms with E-state index in [0.29, 0.717) is 6.04 Å². The van der Waals surface area contributed by atoms with Gasteiger partial charge in [0.2, 0.25) is 0 Å². The van der Waals surface area contributed by atoms with Crippen LogP contribution in [0.25, 0.3) is 0 Å². The van der Waals surface area contributed by atoms with Crippen LogP contribution in [0, 0.1) is 11.3 Å². The van der Waals surface area contributed by atoms with Gasteiger partial charge in [-0.15, -0.1) is 0 Å². The number of aromatic nitrogens is 2. The summed E-state index contributed by atoms with van der Waals surface area (Å²) in [6.45, 7) is 8.37. The summed E-state index contributed by atoms with van der Waals surface area (Å²) in [5.41, 5.74) is 0.894. The van der Waals surface area contributed by atoms with Gasteiger partial charge in [-0.05, 0) is 13.8 Å². The summed E-state index contributed by atoms with van der Waals surface area (Å²) >= 11 is 0. The van der Waals surface area contributed by atoms with E-state index in [2.05, 4.69) is 39.7 Å². The van der Waals surface area contributed by atoms with E-state index in [0.717, 1.165) is 31.9 Å². The molecule has 1 aromatic rings. The molecule has 0 aromatic carbocycles. The number of H-pyrrole nitrogens is 1. The van der Waals surface area contributed by atoms with Crippen molar-refractivity contribution in [1.29, 1.82) is 5.26 Å². The number of rotatable bonds is 3. The molecule has 5 nitrogen and oxygen atoms in total. The van der Waals surface area contributed by atoms with E-state index in [1.165, 1.54) is 0 Å². The third-order valence-corrected chi connectivity index (χ3v) is 3.38. The van der Waals surface area contributed by atoms with Crippen LogP contribution in [0.15, 0.2) is 12.5 Å². The van der Waals surface area contributed by atoms with Crippen molar-refractivity contribution in [2.24, 2.45) is 0 Å². The molecule has 5 heteroatoms. The molecule has 1 fully saturated rings. The minimum atomic E-state index is -0.188. The minimum absolute atomic E-state index is 0.188. The van der Waals surface area contributed by atoms with Crippen LogP contribution >= 0.6 is 0 Å². The van der Waals surface area contributed by atoms with E-state index in [4.69, 9.17) is 0 Å². The highest BCUT2D eigenvalue weighted by Crippen LogP contribution is 2.19. The first-order valence-corrected chi connectivity index (χ1v) is 6.08. The number of aromatic amines is 1. The van der Waals surface area contributed by atoms with E-state index >= 15 is 0 Å². The second kappa shape index (κ2) is 5.30. The van der Waals surface area contributed by atoms with E-state index < -0.39 is 0 Å². The molecule has 0 spiro atoms. The molecule has 1 aromatic heterocycles. The van der Waals surface area contributed by atoms with Gasteiger partial charge in [0.15, 0.2) is 0 Å². The van der Waals surface area contributed by atoms with Crippen LogP contribution < -0.4 is 0 Å². The number of nitrogens with one attached hydrogen (secondary N) is 1. The summed E-state index contributed by atoms with van der Waals surface area (Å²) in [6, 6.07) is 2.75. The molecule has 1 aliphatic rings. The molecule has 92 valence electrons. The zero-order valence-electron chi connectivity index (χ0n) is 10.4. The second-order valence-electron chi connectivity index (χ2n) is 4.70. The maximum absolute atomic E-state index is 9.27. The van der Waals surface area contributed by atoms with Gasteiger partial charge >= 0.3 is 0 Å². The fraction of sp³-hybridized carbons (Fsp3) is 0.667. The van der Waals surface area contributed by atoms with Crippen LogP contribution in [-0.4, -0.2) is 52.0 Å². The van der Waals surface area contributed by atoms with Crippen molar-refractivity contribution in [2.45, 2.75) is 25.9 Å². The van der Waals surface area contributed by atoms with Gasteiger partial charge < -0.3 is 4.98 Å². The van der Waals surface area contributed by atoms with Crippen molar-refractivity contribution < 1.29 is 0 Å². The molecule has 1 aliphatic heterocycles. The smallest absolute Gasteiger partial charge is 0.140 e.